The number of piperazine rings is 1. The number of nitrogens with one attached hydrogen (secondary N) is 1. The van der Waals surface area contributed by atoms with Gasteiger partial charge in [0, 0.05) is 62.1 Å². The number of anilines is 2. The first-order valence-electron chi connectivity index (χ1n) is 13.9. The molecule has 2 aromatic carbocycles. The monoisotopic (exact) mass is 598 g/mol. The molecule has 2 N–H and O–H groups in total. The number of phenols is 1. The van der Waals surface area contributed by atoms with Crippen molar-refractivity contribution in [3.8, 4) is 17.1 Å². The fraction of sp³-hybridized carbons (Fsp3) is 0.419. The first-order valence-corrected chi connectivity index (χ1v) is 13.9. The van der Waals surface area contributed by atoms with Crippen molar-refractivity contribution >= 4 is 23.2 Å². The van der Waals surface area contributed by atoms with Crippen LogP contribution in [0.4, 0.5) is 24.5 Å². The number of amides is 2. The molecule has 2 fully saturated rings. The highest BCUT2D eigenvalue weighted by molar-refractivity contribution is 5.96. The molecule has 2 aliphatic rings. The van der Waals surface area contributed by atoms with E-state index in [1.807, 2.05) is 41.0 Å². The third-order valence-corrected chi connectivity index (χ3v) is 8.20. The lowest BCUT2D eigenvalue weighted by molar-refractivity contribution is -0.138. The number of rotatable bonds is 7. The van der Waals surface area contributed by atoms with Gasteiger partial charge in [0.15, 0.2) is 5.82 Å². The van der Waals surface area contributed by atoms with E-state index in [0.29, 0.717) is 57.9 Å². The first-order chi connectivity index (χ1) is 20.1. The molecule has 0 radical (unpaired) electrons. The highest BCUT2D eigenvalue weighted by atomic mass is 19.4. The predicted molar refractivity (Wildman–Crippen MR) is 159 cm³/mol. The van der Waals surface area contributed by atoms with E-state index in [2.05, 4.69) is 20.2 Å². The lowest BCUT2D eigenvalue weighted by Crippen LogP contribution is -2.51. The molecule has 3 heterocycles. The van der Waals surface area contributed by atoms with Gasteiger partial charge in [0.1, 0.15) is 5.75 Å². The van der Waals surface area contributed by atoms with Crippen LogP contribution in [0.5, 0.6) is 5.75 Å². The molecule has 0 aliphatic carbocycles. The van der Waals surface area contributed by atoms with Crippen LogP contribution < -0.4 is 10.2 Å². The molecule has 0 spiro atoms. The van der Waals surface area contributed by atoms with Crippen LogP contribution in [0.15, 0.2) is 60.9 Å². The Bertz CT molecular complexity index is 1410. The Kier molecular flexibility index (Phi) is 9.59. The summed E-state index contributed by atoms with van der Waals surface area (Å²) in [6.07, 6.45) is -0.364. The largest absolute Gasteiger partial charge is 0.507 e. The molecule has 5 rings (SSSR count). The Hall–Kier alpha value is -4.19. The maximum atomic E-state index is 13.2. The summed E-state index contributed by atoms with van der Waals surface area (Å²) in [5, 5.41) is 12.2. The minimum Gasteiger partial charge on any atom is -0.507 e. The number of hydrogen-bond donors (Lipinski definition) is 2. The summed E-state index contributed by atoms with van der Waals surface area (Å²) in [5.74, 6) is -0.626. The van der Waals surface area contributed by atoms with Crippen molar-refractivity contribution in [1.82, 2.24) is 19.8 Å². The molecule has 2 amide bonds. The quantitative estimate of drug-likeness (QED) is 0.374. The summed E-state index contributed by atoms with van der Waals surface area (Å²) in [4.78, 5) is 40.9. The summed E-state index contributed by atoms with van der Waals surface area (Å²) in [6.45, 7) is 5.47. The summed E-state index contributed by atoms with van der Waals surface area (Å²) < 4.78 is 39.6. The lowest BCUT2D eigenvalue weighted by atomic mass is 9.83. The van der Waals surface area contributed by atoms with Crippen LogP contribution in [0.25, 0.3) is 11.4 Å². The predicted octanol–water partition coefficient (Wildman–Crippen LogP) is 4.89. The van der Waals surface area contributed by atoms with Gasteiger partial charge in [-0.25, -0.2) is 9.97 Å². The van der Waals surface area contributed by atoms with Gasteiger partial charge in [0.2, 0.25) is 11.8 Å². The smallest absolute Gasteiger partial charge is 0.420 e. The van der Waals surface area contributed by atoms with Gasteiger partial charge in [0.25, 0.3) is 0 Å². The second kappa shape index (κ2) is 13.0. The molecule has 1 atom stereocenters. The van der Waals surface area contributed by atoms with Gasteiger partial charge in [-0.2, -0.15) is 13.2 Å². The first kappa shape index (κ1) is 31.7. The maximum absolute atomic E-state index is 13.2. The van der Waals surface area contributed by atoms with E-state index in [1.165, 1.54) is 6.07 Å². The van der Waals surface area contributed by atoms with Crippen LogP contribution in [-0.4, -0.2) is 82.5 Å². The van der Waals surface area contributed by atoms with Crippen LogP contribution in [-0.2, 0) is 15.8 Å². The van der Waals surface area contributed by atoms with Crippen LogP contribution >= 0.6 is 0 Å². The van der Waals surface area contributed by atoms with E-state index in [-0.39, 0.29) is 25.6 Å². The molecule has 3 aromatic rings. The Balaban J connectivity index is 0.00000423. The summed E-state index contributed by atoms with van der Waals surface area (Å²) in [5.41, 5.74) is -0.0655. The Morgan fingerprint density at radius 1 is 1.00 bits per heavy atom. The van der Waals surface area contributed by atoms with E-state index in [9.17, 15) is 27.9 Å². The molecule has 12 heteroatoms. The number of aromatic hydroxyl groups is 1. The van der Waals surface area contributed by atoms with Crippen molar-refractivity contribution < 1.29 is 27.9 Å². The summed E-state index contributed by atoms with van der Waals surface area (Å²) >= 11 is 0. The Morgan fingerprint density at radius 3 is 2.30 bits per heavy atom. The van der Waals surface area contributed by atoms with Crippen LogP contribution in [0.1, 0.15) is 32.8 Å². The van der Waals surface area contributed by atoms with Crippen molar-refractivity contribution in [3.63, 3.8) is 0 Å². The second-order valence-electron chi connectivity index (χ2n) is 10.8. The van der Waals surface area contributed by atoms with Gasteiger partial charge in [-0.05, 0) is 67.9 Å². The number of benzene rings is 2. The van der Waals surface area contributed by atoms with Crippen molar-refractivity contribution in [2.24, 2.45) is 5.41 Å². The van der Waals surface area contributed by atoms with Crippen LogP contribution in [0.2, 0.25) is 0 Å². The van der Waals surface area contributed by atoms with E-state index in [4.69, 9.17) is 0 Å². The van der Waals surface area contributed by atoms with Gasteiger partial charge in [-0.15, -0.1) is 0 Å². The fourth-order valence-corrected chi connectivity index (χ4v) is 5.61. The van der Waals surface area contributed by atoms with Crippen molar-refractivity contribution in [3.05, 3.63) is 66.5 Å². The zero-order valence-corrected chi connectivity index (χ0v) is 23.3. The second-order valence-corrected chi connectivity index (χ2v) is 10.8. The number of likely N-dealkylation sites (tertiary alicyclic amines) is 1. The highest BCUT2D eigenvalue weighted by Crippen LogP contribution is 2.39. The zero-order chi connectivity index (χ0) is 29.9. The molecule has 230 valence electrons. The molecule has 2 saturated heterocycles. The lowest BCUT2D eigenvalue weighted by Gasteiger charge is -2.37. The number of alkyl halides is 3. The fourth-order valence-electron chi connectivity index (χ4n) is 5.61. The topological polar surface area (TPSA) is 102 Å². The van der Waals surface area contributed by atoms with E-state index in [1.54, 1.807) is 18.5 Å². The standard InChI is InChI=1S/C30H33F3N6O3.CH4/c1-2-29(28(42)36-22-6-9-25(40)24(18-22)30(31,32)33)10-13-37(20-29)19-26(41)39-16-14-38(15-17-39)23-7-4-21(5-8-23)27-34-11-3-12-35-27;/h3-9,11-12,18,40H,2,10,13-17,19-20H2,1H3,(H,36,42);1H4. The molecule has 9 nitrogen and oxygen atoms in total. The summed E-state index contributed by atoms with van der Waals surface area (Å²) in [7, 11) is 0. The van der Waals surface area contributed by atoms with Crippen molar-refractivity contribution in [2.75, 3.05) is 56.0 Å². The number of carbonyl (C=O) groups excluding carboxylic acids is 2. The van der Waals surface area contributed by atoms with E-state index in [0.717, 1.165) is 23.4 Å². The number of phenolic OH excluding ortho intramolecular Hbond substituents is 1. The van der Waals surface area contributed by atoms with Crippen LogP contribution in [0, 0.1) is 5.41 Å². The molecule has 2 aliphatic heterocycles. The average Bonchev–Trinajstić information content (AvgIpc) is 3.42. The molecule has 43 heavy (non-hydrogen) atoms. The molecule has 1 unspecified atom stereocenters. The van der Waals surface area contributed by atoms with E-state index < -0.39 is 28.8 Å². The third kappa shape index (κ3) is 7.07. The number of nitrogens with zero attached hydrogens (tertiary/aromatic N) is 5. The molecular weight excluding hydrogens is 561 g/mol. The Labute approximate surface area is 249 Å². The van der Waals surface area contributed by atoms with Crippen molar-refractivity contribution in [1.29, 1.82) is 0 Å². The van der Waals surface area contributed by atoms with Gasteiger partial charge in [0.05, 0.1) is 17.5 Å². The van der Waals surface area contributed by atoms with Gasteiger partial charge in [-0.1, -0.05) is 14.4 Å². The number of carbonyl (C=O) groups is 2. The summed E-state index contributed by atoms with van der Waals surface area (Å²) in [6, 6.07) is 12.7. The number of aromatic nitrogens is 2. The van der Waals surface area contributed by atoms with E-state index >= 15 is 0 Å². The van der Waals surface area contributed by atoms with Crippen LogP contribution in [0.3, 0.4) is 0 Å². The molecular formula is C31H37F3N6O3. The highest BCUT2D eigenvalue weighted by Gasteiger charge is 2.44. The minimum absolute atomic E-state index is 0. The maximum Gasteiger partial charge on any atom is 0.420 e. The molecule has 0 saturated carbocycles. The SMILES string of the molecule is C.CCC1(C(=O)Nc2ccc(O)c(C(F)(F)F)c2)CCN(CC(=O)N2CCN(c3ccc(-c4ncccn4)cc3)CC2)C1. The van der Waals surface area contributed by atoms with Gasteiger partial charge in [-0.3, -0.25) is 14.5 Å². The van der Waals surface area contributed by atoms with Gasteiger partial charge >= 0.3 is 6.18 Å². The van der Waals surface area contributed by atoms with Gasteiger partial charge < -0.3 is 20.2 Å². The number of hydrogen-bond acceptors (Lipinski definition) is 7. The molecule has 1 aromatic heterocycles. The zero-order valence-electron chi connectivity index (χ0n) is 23.3. The minimum atomic E-state index is -4.74. The van der Waals surface area contributed by atoms with Crippen molar-refractivity contribution in [2.45, 2.75) is 33.4 Å². The average molecular weight is 599 g/mol. The normalized spacial score (nSPS) is 19.2. The Morgan fingerprint density at radius 2 is 1.67 bits per heavy atom. The third-order valence-electron chi connectivity index (χ3n) is 8.20. The number of halogens is 3. The molecule has 0 bridgehead atoms.